The van der Waals surface area contributed by atoms with Gasteiger partial charge in [0.25, 0.3) is 0 Å². The van der Waals surface area contributed by atoms with Crippen molar-refractivity contribution in [2.45, 2.75) is 10.6 Å². The van der Waals surface area contributed by atoms with Gasteiger partial charge in [-0.1, -0.05) is 29.3 Å². The van der Waals surface area contributed by atoms with Crippen LogP contribution in [-0.4, -0.2) is 27.8 Å². The highest BCUT2D eigenvalue weighted by molar-refractivity contribution is 7.98. The minimum atomic E-state index is -3.72. The lowest BCUT2D eigenvalue weighted by Gasteiger charge is -2.09. The van der Waals surface area contributed by atoms with E-state index >= 15 is 0 Å². The summed E-state index contributed by atoms with van der Waals surface area (Å²) in [5.74, 6) is 0.524. The van der Waals surface area contributed by atoms with Crippen molar-refractivity contribution >= 4 is 45.0 Å². The van der Waals surface area contributed by atoms with E-state index in [2.05, 4.69) is 4.72 Å². The Kier molecular flexibility index (Phi) is 7.39. The van der Waals surface area contributed by atoms with E-state index in [-0.39, 0.29) is 17.2 Å². The van der Waals surface area contributed by atoms with Gasteiger partial charge in [-0.2, -0.15) is 11.8 Å². The average molecular weight is 424 g/mol. The Labute approximate surface area is 160 Å². The van der Waals surface area contributed by atoms with Crippen molar-refractivity contribution in [3.8, 4) is 5.75 Å². The van der Waals surface area contributed by atoms with Crippen LogP contribution in [-0.2, 0) is 15.8 Å². The second kappa shape index (κ2) is 9.09. The number of hydrogen-bond donors (Lipinski definition) is 1. The lowest BCUT2D eigenvalue weighted by molar-refractivity contribution is 0.385. The fourth-order valence-electron chi connectivity index (χ4n) is 1.96. The molecule has 4 nitrogen and oxygen atoms in total. The molecule has 0 unspecified atom stereocenters. The van der Waals surface area contributed by atoms with Crippen LogP contribution in [0.2, 0.25) is 10.0 Å². The molecule has 0 bridgehead atoms. The zero-order valence-corrected chi connectivity index (χ0v) is 16.4. The van der Waals surface area contributed by atoms with E-state index in [1.54, 1.807) is 23.9 Å². The van der Waals surface area contributed by atoms with E-state index in [4.69, 9.17) is 27.9 Å². The first kappa shape index (κ1) is 20.3. The van der Waals surface area contributed by atoms with E-state index in [1.165, 1.54) is 13.2 Å². The molecular weight excluding hydrogens is 408 g/mol. The fourth-order valence-corrected chi connectivity index (χ4v) is 4.26. The number of rotatable bonds is 8. The van der Waals surface area contributed by atoms with Crippen LogP contribution in [0, 0.1) is 5.82 Å². The van der Waals surface area contributed by atoms with Crippen molar-refractivity contribution in [1.82, 2.24) is 4.72 Å². The quantitative estimate of drug-likeness (QED) is 0.641. The van der Waals surface area contributed by atoms with Gasteiger partial charge in [-0.3, -0.25) is 0 Å². The molecule has 0 aliphatic rings. The van der Waals surface area contributed by atoms with Gasteiger partial charge < -0.3 is 4.74 Å². The highest BCUT2D eigenvalue weighted by atomic mass is 35.5. The largest absolute Gasteiger partial charge is 0.494 e. The number of hydrogen-bond acceptors (Lipinski definition) is 4. The highest BCUT2D eigenvalue weighted by Crippen LogP contribution is 2.25. The number of benzene rings is 2. The summed E-state index contributed by atoms with van der Waals surface area (Å²) in [6.07, 6.45) is 0. The summed E-state index contributed by atoms with van der Waals surface area (Å²) in [6.45, 7) is 0.244. The normalized spacial score (nSPS) is 11.5. The predicted molar refractivity (Wildman–Crippen MR) is 101 cm³/mol. The summed E-state index contributed by atoms with van der Waals surface area (Å²) < 4.78 is 45.0. The average Bonchev–Trinajstić information content (AvgIpc) is 2.58. The lowest BCUT2D eigenvalue weighted by Crippen LogP contribution is -2.26. The van der Waals surface area contributed by atoms with E-state index < -0.39 is 15.8 Å². The minimum Gasteiger partial charge on any atom is -0.494 e. The molecule has 0 saturated carbocycles. The third kappa shape index (κ3) is 5.76. The van der Waals surface area contributed by atoms with E-state index in [0.29, 0.717) is 21.6 Å². The summed E-state index contributed by atoms with van der Waals surface area (Å²) in [6, 6.07) is 8.79. The van der Waals surface area contributed by atoms with Crippen LogP contribution in [0.5, 0.6) is 5.75 Å². The molecule has 0 amide bonds. The first-order valence-corrected chi connectivity index (χ1v) is 10.6. The maximum Gasteiger partial charge on any atom is 0.240 e. The number of sulfonamides is 1. The Hall–Kier alpha value is -0.990. The SMILES string of the molecule is COc1cc(S(=O)(=O)NCCSCc2ccc(Cl)c(Cl)c2)ccc1F. The molecule has 0 heterocycles. The maximum absolute atomic E-state index is 13.4. The first-order chi connectivity index (χ1) is 11.8. The Balaban J connectivity index is 1.85. The second-order valence-electron chi connectivity index (χ2n) is 5.00. The number of halogens is 3. The van der Waals surface area contributed by atoms with Crippen LogP contribution in [0.3, 0.4) is 0 Å². The van der Waals surface area contributed by atoms with Crippen molar-refractivity contribution in [1.29, 1.82) is 0 Å². The van der Waals surface area contributed by atoms with Crippen molar-refractivity contribution in [2.75, 3.05) is 19.4 Å². The highest BCUT2D eigenvalue weighted by Gasteiger charge is 2.16. The summed E-state index contributed by atoms with van der Waals surface area (Å²) in [5, 5.41) is 0.989. The number of methoxy groups -OCH3 is 1. The van der Waals surface area contributed by atoms with Gasteiger partial charge in [0.1, 0.15) is 0 Å². The summed E-state index contributed by atoms with van der Waals surface area (Å²) in [5.41, 5.74) is 1.01. The topological polar surface area (TPSA) is 55.4 Å². The molecule has 2 aromatic rings. The van der Waals surface area contributed by atoms with Gasteiger partial charge in [0.15, 0.2) is 11.6 Å². The number of nitrogens with one attached hydrogen (secondary N) is 1. The van der Waals surface area contributed by atoms with Crippen LogP contribution in [0.4, 0.5) is 4.39 Å². The third-order valence-electron chi connectivity index (χ3n) is 3.22. The summed E-state index contributed by atoms with van der Waals surface area (Å²) >= 11 is 13.4. The van der Waals surface area contributed by atoms with Crippen molar-refractivity contribution < 1.29 is 17.5 Å². The maximum atomic E-state index is 13.4. The molecular formula is C16H16Cl2FNO3S2. The van der Waals surface area contributed by atoms with E-state index in [9.17, 15) is 12.8 Å². The molecule has 2 aromatic carbocycles. The van der Waals surface area contributed by atoms with Gasteiger partial charge in [-0.05, 0) is 29.8 Å². The number of thioether (sulfide) groups is 1. The molecule has 0 fully saturated rings. The van der Waals surface area contributed by atoms with Crippen molar-refractivity contribution in [2.24, 2.45) is 0 Å². The van der Waals surface area contributed by atoms with Gasteiger partial charge in [-0.25, -0.2) is 17.5 Å². The zero-order chi connectivity index (χ0) is 18.4. The van der Waals surface area contributed by atoms with Gasteiger partial charge in [0.05, 0.1) is 22.1 Å². The van der Waals surface area contributed by atoms with Gasteiger partial charge in [-0.15, -0.1) is 0 Å². The minimum absolute atomic E-state index is 0.0415. The van der Waals surface area contributed by atoms with Crippen LogP contribution in [0.15, 0.2) is 41.3 Å². The molecule has 1 N–H and O–H groups in total. The summed E-state index contributed by atoms with van der Waals surface area (Å²) in [4.78, 5) is -0.0415. The zero-order valence-electron chi connectivity index (χ0n) is 13.3. The van der Waals surface area contributed by atoms with Crippen LogP contribution >= 0.6 is 35.0 Å². The van der Waals surface area contributed by atoms with Crippen LogP contribution < -0.4 is 9.46 Å². The van der Waals surface area contributed by atoms with Crippen LogP contribution in [0.25, 0.3) is 0 Å². The number of ether oxygens (including phenoxy) is 1. The molecule has 0 atom stereocenters. The Morgan fingerprint density at radius 2 is 1.92 bits per heavy atom. The smallest absolute Gasteiger partial charge is 0.240 e. The molecule has 0 saturated heterocycles. The molecule has 0 spiro atoms. The molecule has 2 rings (SSSR count). The monoisotopic (exact) mass is 423 g/mol. The Bertz CT molecular complexity index is 847. The molecule has 25 heavy (non-hydrogen) atoms. The molecule has 9 heteroatoms. The van der Waals surface area contributed by atoms with E-state index in [1.807, 2.05) is 6.07 Å². The Morgan fingerprint density at radius 3 is 2.60 bits per heavy atom. The summed E-state index contributed by atoms with van der Waals surface area (Å²) in [7, 11) is -2.44. The molecule has 0 aliphatic carbocycles. The molecule has 0 radical (unpaired) electrons. The fraction of sp³-hybridized carbons (Fsp3) is 0.250. The van der Waals surface area contributed by atoms with E-state index in [0.717, 1.165) is 17.7 Å². The van der Waals surface area contributed by atoms with Crippen molar-refractivity contribution in [3.05, 3.63) is 57.8 Å². The molecule has 0 aromatic heterocycles. The van der Waals surface area contributed by atoms with Gasteiger partial charge in [0.2, 0.25) is 10.0 Å². The van der Waals surface area contributed by atoms with Gasteiger partial charge >= 0.3 is 0 Å². The predicted octanol–water partition coefficient (Wildman–Crippen LogP) is 4.35. The van der Waals surface area contributed by atoms with Crippen molar-refractivity contribution in [3.63, 3.8) is 0 Å². The second-order valence-corrected chi connectivity index (χ2v) is 8.68. The van der Waals surface area contributed by atoms with Crippen LogP contribution in [0.1, 0.15) is 5.56 Å². The Morgan fingerprint density at radius 1 is 1.16 bits per heavy atom. The standard InChI is InChI=1S/C16H16Cl2FNO3S2/c1-23-16-9-12(3-5-15(16)19)25(21,22)20-6-7-24-10-11-2-4-13(17)14(18)8-11/h2-5,8-9,20H,6-7,10H2,1H3. The van der Waals surface area contributed by atoms with Gasteiger partial charge in [0, 0.05) is 24.1 Å². The lowest BCUT2D eigenvalue weighted by atomic mass is 10.2. The molecule has 136 valence electrons. The first-order valence-electron chi connectivity index (χ1n) is 7.18. The third-order valence-corrected chi connectivity index (χ3v) is 6.45. The molecule has 0 aliphatic heterocycles.